The number of fused-ring (bicyclic) bond motifs is 1. The molecule has 0 spiro atoms. The molecule has 1 aliphatic carbocycles. The number of carbonyl (C=O) groups is 3. The second-order valence-electron chi connectivity index (χ2n) is 9.32. The van der Waals surface area contributed by atoms with Crippen LogP contribution in [0.15, 0.2) is 53.0 Å². The third kappa shape index (κ3) is 6.23. The molecule has 1 saturated carbocycles. The van der Waals surface area contributed by atoms with E-state index in [2.05, 4.69) is 26.6 Å². The van der Waals surface area contributed by atoms with E-state index in [9.17, 15) is 14.4 Å². The van der Waals surface area contributed by atoms with Gasteiger partial charge in [0, 0.05) is 43.6 Å². The molecule has 2 N–H and O–H groups in total. The minimum Gasteiger partial charge on any atom is -0.495 e. The van der Waals surface area contributed by atoms with Gasteiger partial charge in [-0.15, -0.1) is 0 Å². The van der Waals surface area contributed by atoms with Crippen LogP contribution in [0.5, 0.6) is 5.75 Å². The zero-order valence-electron chi connectivity index (χ0n) is 20.0. The van der Waals surface area contributed by atoms with Crippen molar-refractivity contribution in [1.82, 2.24) is 10.2 Å². The Morgan fingerprint density at radius 1 is 1.03 bits per heavy atom. The average molecular weight is 542 g/mol. The molecule has 2 aromatic carbocycles. The Morgan fingerprint density at radius 3 is 2.60 bits per heavy atom. The van der Waals surface area contributed by atoms with Crippen molar-refractivity contribution in [3.05, 3.63) is 58.6 Å². The van der Waals surface area contributed by atoms with Gasteiger partial charge in [-0.05, 0) is 65.4 Å². The summed E-state index contributed by atoms with van der Waals surface area (Å²) in [4.78, 5) is 40.0. The minimum atomic E-state index is -0.150. The fourth-order valence-electron chi connectivity index (χ4n) is 5.30. The van der Waals surface area contributed by atoms with Gasteiger partial charge in [0.05, 0.1) is 17.1 Å². The lowest BCUT2D eigenvalue weighted by Crippen LogP contribution is -2.45. The van der Waals surface area contributed by atoms with Crippen LogP contribution in [0.2, 0.25) is 0 Å². The minimum absolute atomic E-state index is 0.0272. The van der Waals surface area contributed by atoms with Crippen LogP contribution in [0.4, 0.5) is 5.69 Å². The molecule has 186 valence electrons. The largest absolute Gasteiger partial charge is 0.495 e. The number of likely N-dealkylation sites (tertiary alicyclic amines) is 1. The van der Waals surface area contributed by atoms with Crippen molar-refractivity contribution in [2.24, 2.45) is 11.8 Å². The number of hydrogen-bond donors (Lipinski definition) is 2. The number of benzene rings is 2. The first-order valence-electron chi connectivity index (χ1n) is 12.2. The molecule has 8 heteroatoms. The Labute approximate surface area is 214 Å². The maximum atomic E-state index is 13.1. The summed E-state index contributed by atoms with van der Waals surface area (Å²) in [6.07, 6.45) is 4.20. The molecule has 0 unspecified atom stereocenters. The molecule has 35 heavy (non-hydrogen) atoms. The highest BCUT2D eigenvalue weighted by atomic mass is 79.9. The number of nitrogens with one attached hydrogen (secondary N) is 2. The molecule has 3 amide bonds. The van der Waals surface area contributed by atoms with Crippen molar-refractivity contribution in [3.63, 3.8) is 0 Å². The zero-order valence-corrected chi connectivity index (χ0v) is 21.6. The first-order valence-corrected chi connectivity index (χ1v) is 13.0. The number of ether oxygens (including phenoxy) is 1. The lowest BCUT2D eigenvalue weighted by Gasteiger charge is -2.33. The number of methoxy groups -OCH3 is 1. The van der Waals surface area contributed by atoms with Crippen LogP contribution in [-0.2, 0) is 9.59 Å². The number of anilines is 1. The number of para-hydroxylation sites is 2. The Kier molecular flexibility index (Phi) is 8.44. The second kappa shape index (κ2) is 11.7. The maximum absolute atomic E-state index is 13.1. The molecule has 4 rings (SSSR count). The van der Waals surface area contributed by atoms with E-state index in [0.717, 1.165) is 36.0 Å². The molecular formula is C27H32BrN3O4. The number of nitrogens with zero attached hydrogens (tertiary/aromatic N) is 1. The molecule has 0 bridgehead atoms. The molecule has 2 fully saturated rings. The lowest BCUT2D eigenvalue weighted by atomic mass is 9.78. The van der Waals surface area contributed by atoms with E-state index in [1.54, 1.807) is 13.2 Å². The van der Waals surface area contributed by atoms with E-state index < -0.39 is 0 Å². The number of amides is 3. The second-order valence-corrected chi connectivity index (χ2v) is 10.2. The summed E-state index contributed by atoms with van der Waals surface area (Å²) in [7, 11) is 1.55. The van der Waals surface area contributed by atoms with Gasteiger partial charge >= 0.3 is 0 Å². The van der Waals surface area contributed by atoms with Crippen molar-refractivity contribution >= 4 is 39.3 Å². The fraction of sp³-hybridized carbons (Fsp3) is 0.444. The van der Waals surface area contributed by atoms with Gasteiger partial charge in [-0.25, -0.2) is 0 Å². The van der Waals surface area contributed by atoms with Gasteiger partial charge in [-0.2, -0.15) is 0 Å². The predicted octanol–water partition coefficient (Wildman–Crippen LogP) is 4.62. The van der Waals surface area contributed by atoms with Gasteiger partial charge in [-0.3, -0.25) is 14.4 Å². The quantitative estimate of drug-likeness (QED) is 0.510. The lowest BCUT2D eigenvalue weighted by molar-refractivity contribution is -0.130. The third-order valence-electron chi connectivity index (χ3n) is 7.04. The summed E-state index contributed by atoms with van der Waals surface area (Å²) < 4.78 is 6.16. The van der Waals surface area contributed by atoms with E-state index >= 15 is 0 Å². The Hall–Kier alpha value is -2.87. The van der Waals surface area contributed by atoms with Crippen LogP contribution in [-0.4, -0.2) is 48.9 Å². The highest BCUT2D eigenvalue weighted by Gasteiger charge is 2.42. The Balaban J connectivity index is 1.28. The third-order valence-corrected chi connectivity index (χ3v) is 7.66. The van der Waals surface area contributed by atoms with Crippen molar-refractivity contribution in [2.45, 2.75) is 44.6 Å². The van der Waals surface area contributed by atoms with Gasteiger partial charge in [0.25, 0.3) is 5.91 Å². The number of halogens is 1. The van der Waals surface area contributed by atoms with E-state index in [1.807, 2.05) is 47.4 Å². The van der Waals surface area contributed by atoms with Crippen LogP contribution < -0.4 is 15.4 Å². The summed E-state index contributed by atoms with van der Waals surface area (Å²) >= 11 is 3.44. The standard InChI is InChI=1S/C27H32BrN3O4/c1-35-26-20(11-6-12-22(26)28)27(34)30-23-13-5-8-18-16-31(17-21(18)23)25(33)15-7-14-24(32)29-19-9-3-2-4-10-19/h2-4,6,9-12,18,21,23H,5,7-8,13-17H2,1H3,(H,29,32)(H,30,34)/t18-,21-,23+/m1/s1. The van der Waals surface area contributed by atoms with Gasteiger partial charge in [0.15, 0.2) is 0 Å². The molecule has 1 saturated heterocycles. The summed E-state index contributed by atoms with van der Waals surface area (Å²) in [6, 6.07) is 14.8. The molecule has 1 heterocycles. The van der Waals surface area contributed by atoms with Gasteiger partial charge in [-0.1, -0.05) is 30.7 Å². The molecule has 0 aromatic heterocycles. The molecule has 3 atom stereocenters. The van der Waals surface area contributed by atoms with E-state index in [-0.39, 0.29) is 29.7 Å². The first kappa shape index (κ1) is 25.2. The molecule has 2 aliphatic rings. The van der Waals surface area contributed by atoms with Gasteiger partial charge in [0.2, 0.25) is 11.8 Å². The van der Waals surface area contributed by atoms with Crippen LogP contribution in [0.25, 0.3) is 0 Å². The molecule has 0 radical (unpaired) electrons. The van der Waals surface area contributed by atoms with Crippen molar-refractivity contribution in [2.75, 3.05) is 25.5 Å². The predicted molar refractivity (Wildman–Crippen MR) is 138 cm³/mol. The molecular weight excluding hydrogens is 510 g/mol. The Morgan fingerprint density at radius 2 is 1.83 bits per heavy atom. The topological polar surface area (TPSA) is 87.7 Å². The van der Waals surface area contributed by atoms with Crippen molar-refractivity contribution in [1.29, 1.82) is 0 Å². The summed E-state index contributed by atoms with van der Waals surface area (Å²) in [5.74, 6) is 1.02. The van der Waals surface area contributed by atoms with E-state index in [0.29, 0.717) is 43.0 Å². The normalized spacial score (nSPS) is 21.2. The maximum Gasteiger partial charge on any atom is 0.255 e. The monoisotopic (exact) mass is 541 g/mol. The van der Waals surface area contributed by atoms with Crippen LogP contribution in [0.1, 0.15) is 48.9 Å². The SMILES string of the molecule is COc1c(Br)cccc1C(=O)N[C@H]1CCC[C@@H]2CN(C(=O)CCCC(=O)Nc3ccccc3)C[C@H]21. The van der Waals surface area contributed by atoms with E-state index in [4.69, 9.17) is 4.74 Å². The number of rotatable bonds is 8. The smallest absolute Gasteiger partial charge is 0.255 e. The summed E-state index contributed by atoms with van der Waals surface area (Å²) in [5.41, 5.74) is 1.27. The van der Waals surface area contributed by atoms with Crippen molar-refractivity contribution < 1.29 is 19.1 Å². The highest BCUT2D eigenvalue weighted by Crippen LogP contribution is 2.37. The van der Waals surface area contributed by atoms with Crippen LogP contribution in [0, 0.1) is 11.8 Å². The van der Waals surface area contributed by atoms with E-state index in [1.165, 1.54) is 0 Å². The summed E-state index contributed by atoms with van der Waals surface area (Å²) in [5, 5.41) is 6.08. The summed E-state index contributed by atoms with van der Waals surface area (Å²) in [6.45, 7) is 1.38. The van der Waals surface area contributed by atoms with Gasteiger partial charge in [0.1, 0.15) is 5.75 Å². The molecule has 1 aliphatic heterocycles. The van der Waals surface area contributed by atoms with Crippen LogP contribution in [0.3, 0.4) is 0 Å². The highest BCUT2D eigenvalue weighted by molar-refractivity contribution is 9.10. The van der Waals surface area contributed by atoms with Crippen LogP contribution >= 0.6 is 15.9 Å². The Bertz CT molecular complexity index is 1060. The van der Waals surface area contributed by atoms with Gasteiger partial charge < -0.3 is 20.3 Å². The molecule has 2 aromatic rings. The number of carbonyl (C=O) groups excluding carboxylic acids is 3. The fourth-order valence-corrected chi connectivity index (χ4v) is 5.83. The number of hydrogen-bond acceptors (Lipinski definition) is 4. The zero-order chi connectivity index (χ0) is 24.8. The first-order chi connectivity index (χ1) is 17.0. The average Bonchev–Trinajstić information content (AvgIpc) is 3.30. The van der Waals surface area contributed by atoms with Crippen molar-refractivity contribution in [3.8, 4) is 5.75 Å². The molecule has 7 nitrogen and oxygen atoms in total.